The van der Waals surface area contributed by atoms with Crippen molar-refractivity contribution in [1.29, 1.82) is 0 Å². The fourth-order valence-electron chi connectivity index (χ4n) is 1.63. The van der Waals surface area contributed by atoms with Gasteiger partial charge in [0.2, 0.25) is 0 Å². The van der Waals surface area contributed by atoms with Gasteiger partial charge >= 0.3 is 17.9 Å². The van der Waals surface area contributed by atoms with Crippen molar-refractivity contribution in [2.45, 2.75) is 26.4 Å². The summed E-state index contributed by atoms with van der Waals surface area (Å²) in [5, 5.41) is 0. The average Bonchev–Trinajstić information content (AvgIpc) is 2.58. The van der Waals surface area contributed by atoms with E-state index in [2.05, 4.69) is 4.74 Å². The molecule has 24 heavy (non-hydrogen) atoms. The molecule has 0 aromatic heterocycles. The highest BCUT2D eigenvalue weighted by atomic mass is 16.6. The molecule has 0 radical (unpaired) electrons. The van der Waals surface area contributed by atoms with E-state index in [1.165, 1.54) is 7.11 Å². The zero-order valence-electron chi connectivity index (χ0n) is 13.8. The van der Waals surface area contributed by atoms with Gasteiger partial charge in [-0.25, -0.2) is 14.4 Å². The molecule has 0 amide bonds. The molecule has 0 aliphatic rings. The predicted octanol–water partition coefficient (Wildman–Crippen LogP) is 2.04. The molecular formula is C17H20O7. The molecule has 1 aromatic carbocycles. The van der Waals surface area contributed by atoms with Crippen molar-refractivity contribution >= 4 is 17.9 Å². The molecule has 1 unspecified atom stereocenters. The Morgan fingerprint density at radius 3 is 2.12 bits per heavy atom. The molecule has 0 aliphatic heterocycles. The number of ether oxygens (including phenoxy) is 4. The highest BCUT2D eigenvalue weighted by molar-refractivity contribution is 5.92. The van der Waals surface area contributed by atoms with E-state index in [9.17, 15) is 14.4 Å². The predicted molar refractivity (Wildman–Crippen MR) is 84.6 cm³/mol. The van der Waals surface area contributed by atoms with Crippen LogP contribution in [0.5, 0.6) is 11.5 Å². The van der Waals surface area contributed by atoms with Gasteiger partial charge in [0.1, 0.15) is 11.5 Å². The van der Waals surface area contributed by atoms with Gasteiger partial charge in [0.05, 0.1) is 13.7 Å². The summed E-state index contributed by atoms with van der Waals surface area (Å²) in [5.41, 5.74) is 0. The van der Waals surface area contributed by atoms with E-state index in [0.717, 1.165) is 12.2 Å². The molecule has 1 atom stereocenters. The topological polar surface area (TPSA) is 88.1 Å². The summed E-state index contributed by atoms with van der Waals surface area (Å²) in [6.45, 7) is 3.51. The Bertz CT molecular complexity index is 589. The highest BCUT2D eigenvalue weighted by Gasteiger charge is 2.22. The summed E-state index contributed by atoms with van der Waals surface area (Å²) in [7, 11) is 1.53. The van der Waals surface area contributed by atoms with E-state index in [-0.39, 0.29) is 13.0 Å². The van der Waals surface area contributed by atoms with Gasteiger partial charge in [0.15, 0.2) is 6.10 Å². The first-order valence-corrected chi connectivity index (χ1v) is 7.41. The molecule has 7 nitrogen and oxygen atoms in total. The van der Waals surface area contributed by atoms with Gasteiger partial charge < -0.3 is 18.9 Å². The quantitative estimate of drug-likeness (QED) is 0.408. The van der Waals surface area contributed by atoms with Crippen LogP contribution in [-0.4, -0.2) is 37.7 Å². The van der Waals surface area contributed by atoms with Crippen LogP contribution in [0, 0.1) is 0 Å². The van der Waals surface area contributed by atoms with Crippen LogP contribution in [0.4, 0.5) is 0 Å². The standard InChI is InChI=1S/C17H20O7/c1-4-14(24-16(19)11-10-15(18)22-5-2)17(20)23-13-8-6-12(21-3)7-9-13/h6-11,14H,4-5H2,1-3H3. The molecule has 0 saturated heterocycles. The van der Waals surface area contributed by atoms with Crippen LogP contribution in [0.2, 0.25) is 0 Å². The second-order valence-electron chi connectivity index (χ2n) is 4.52. The summed E-state index contributed by atoms with van der Waals surface area (Å²) in [6, 6.07) is 6.40. The lowest BCUT2D eigenvalue weighted by molar-refractivity contribution is -0.159. The number of hydrogen-bond donors (Lipinski definition) is 0. The number of methoxy groups -OCH3 is 1. The Kier molecular flexibility index (Phi) is 8.04. The number of carbonyl (C=O) groups is 3. The molecule has 0 N–H and O–H groups in total. The second-order valence-corrected chi connectivity index (χ2v) is 4.52. The lowest BCUT2D eigenvalue weighted by Gasteiger charge is -2.14. The Morgan fingerprint density at radius 2 is 1.58 bits per heavy atom. The number of benzene rings is 1. The average molecular weight is 336 g/mol. The van der Waals surface area contributed by atoms with Crippen molar-refractivity contribution in [2.75, 3.05) is 13.7 Å². The molecule has 0 spiro atoms. The summed E-state index contributed by atoms with van der Waals surface area (Å²) in [5.74, 6) is -1.28. The fourth-order valence-corrected chi connectivity index (χ4v) is 1.63. The molecule has 7 heteroatoms. The van der Waals surface area contributed by atoms with Gasteiger partial charge in [-0.05, 0) is 37.6 Å². The first-order valence-electron chi connectivity index (χ1n) is 7.41. The van der Waals surface area contributed by atoms with E-state index in [1.54, 1.807) is 38.1 Å². The maximum Gasteiger partial charge on any atom is 0.352 e. The summed E-state index contributed by atoms with van der Waals surface area (Å²) >= 11 is 0. The number of hydrogen-bond acceptors (Lipinski definition) is 7. The first kappa shape index (κ1) is 19.2. The van der Waals surface area contributed by atoms with Crippen LogP contribution in [-0.2, 0) is 23.9 Å². The molecule has 0 heterocycles. The Balaban J connectivity index is 2.59. The van der Waals surface area contributed by atoms with E-state index in [0.29, 0.717) is 11.5 Å². The van der Waals surface area contributed by atoms with Crippen LogP contribution < -0.4 is 9.47 Å². The zero-order valence-corrected chi connectivity index (χ0v) is 13.8. The van der Waals surface area contributed by atoms with Crippen molar-refractivity contribution in [3.05, 3.63) is 36.4 Å². The van der Waals surface area contributed by atoms with Gasteiger partial charge in [-0.1, -0.05) is 6.92 Å². The summed E-state index contributed by atoms with van der Waals surface area (Å²) in [6.07, 6.45) is 0.995. The van der Waals surface area contributed by atoms with Crippen molar-refractivity contribution in [3.8, 4) is 11.5 Å². The van der Waals surface area contributed by atoms with Gasteiger partial charge in [0.25, 0.3) is 0 Å². The highest BCUT2D eigenvalue weighted by Crippen LogP contribution is 2.18. The number of esters is 3. The van der Waals surface area contributed by atoms with Crippen LogP contribution in [0.3, 0.4) is 0 Å². The summed E-state index contributed by atoms with van der Waals surface area (Å²) in [4.78, 5) is 34.8. The molecule has 1 aromatic rings. The number of rotatable bonds is 8. The Hall–Kier alpha value is -2.83. The van der Waals surface area contributed by atoms with E-state index in [4.69, 9.17) is 14.2 Å². The Labute approximate surface area is 140 Å². The maximum absolute atomic E-state index is 12.0. The lowest BCUT2D eigenvalue weighted by atomic mass is 10.2. The largest absolute Gasteiger partial charge is 0.497 e. The monoisotopic (exact) mass is 336 g/mol. The Morgan fingerprint density at radius 1 is 1.00 bits per heavy atom. The molecule has 0 fully saturated rings. The van der Waals surface area contributed by atoms with E-state index in [1.807, 2.05) is 0 Å². The first-order chi connectivity index (χ1) is 11.5. The van der Waals surface area contributed by atoms with Gasteiger partial charge in [-0.2, -0.15) is 0 Å². The summed E-state index contributed by atoms with van der Waals surface area (Å²) < 4.78 is 19.8. The molecule has 1 rings (SSSR count). The smallest absolute Gasteiger partial charge is 0.352 e. The fraction of sp³-hybridized carbons (Fsp3) is 0.353. The third-order valence-corrected chi connectivity index (χ3v) is 2.81. The van der Waals surface area contributed by atoms with Gasteiger partial charge in [-0.3, -0.25) is 0 Å². The van der Waals surface area contributed by atoms with Crippen LogP contribution >= 0.6 is 0 Å². The number of carbonyl (C=O) groups excluding carboxylic acids is 3. The van der Waals surface area contributed by atoms with Crippen molar-refractivity contribution < 1.29 is 33.3 Å². The van der Waals surface area contributed by atoms with Crippen molar-refractivity contribution in [2.24, 2.45) is 0 Å². The second kappa shape index (κ2) is 10.0. The van der Waals surface area contributed by atoms with Crippen molar-refractivity contribution in [3.63, 3.8) is 0 Å². The maximum atomic E-state index is 12.0. The normalized spacial score (nSPS) is 11.6. The molecule has 130 valence electrons. The molecular weight excluding hydrogens is 316 g/mol. The molecule has 0 bridgehead atoms. The van der Waals surface area contributed by atoms with Crippen LogP contribution in [0.15, 0.2) is 36.4 Å². The minimum atomic E-state index is -1.08. The SMILES string of the molecule is CCOC(=O)C=CC(=O)OC(CC)C(=O)Oc1ccc(OC)cc1. The molecule has 0 saturated carbocycles. The van der Waals surface area contributed by atoms with Crippen LogP contribution in [0.25, 0.3) is 0 Å². The van der Waals surface area contributed by atoms with Gasteiger partial charge in [-0.15, -0.1) is 0 Å². The minimum Gasteiger partial charge on any atom is -0.497 e. The lowest BCUT2D eigenvalue weighted by Crippen LogP contribution is -2.30. The van der Waals surface area contributed by atoms with E-state index >= 15 is 0 Å². The zero-order chi connectivity index (χ0) is 17.9. The third kappa shape index (κ3) is 6.51. The van der Waals surface area contributed by atoms with Gasteiger partial charge in [0, 0.05) is 12.2 Å². The third-order valence-electron chi connectivity index (χ3n) is 2.81. The van der Waals surface area contributed by atoms with Crippen molar-refractivity contribution in [1.82, 2.24) is 0 Å². The minimum absolute atomic E-state index is 0.198. The molecule has 0 aliphatic carbocycles. The van der Waals surface area contributed by atoms with Crippen LogP contribution in [0.1, 0.15) is 20.3 Å². The van der Waals surface area contributed by atoms with E-state index < -0.39 is 24.0 Å².